The molecule has 0 saturated heterocycles. The second kappa shape index (κ2) is 6.27. The molecule has 11 heteroatoms. The third-order valence-electron chi connectivity index (χ3n) is 5.89. The molecule has 2 unspecified atom stereocenters. The standard InChI is InChI=1S/C20H16F5N3O2S/c1-27-10-15-16-13-4-2-3-5-14(13)18(19(21,22)17(15)26-27)28(16)31(29,30)12-8-6-11(7-9-12)20(23,24)25/h2-9,16,18,26H,10H2,1H3. The molecule has 2 aromatic carbocycles. The summed E-state index contributed by atoms with van der Waals surface area (Å²) in [7, 11) is -2.98. The topological polar surface area (TPSA) is 52.6 Å². The first-order valence-electron chi connectivity index (χ1n) is 9.33. The van der Waals surface area contributed by atoms with E-state index in [1.54, 1.807) is 25.2 Å². The number of halogens is 5. The van der Waals surface area contributed by atoms with Gasteiger partial charge in [-0.05, 0) is 41.0 Å². The summed E-state index contributed by atoms with van der Waals surface area (Å²) in [6.07, 6.45) is -4.64. The highest BCUT2D eigenvalue weighted by atomic mass is 32.2. The van der Waals surface area contributed by atoms with Gasteiger partial charge in [0.15, 0.2) is 0 Å². The number of rotatable bonds is 2. The van der Waals surface area contributed by atoms with E-state index in [2.05, 4.69) is 5.43 Å². The highest BCUT2D eigenvalue weighted by molar-refractivity contribution is 7.89. The number of alkyl halides is 5. The summed E-state index contributed by atoms with van der Waals surface area (Å²) in [5.74, 6) is -3.55. The molecule has 2 aromatic rings. The van der Waals surface area contributed by atoms with Crippen LogP contribution in [-0.4, -0.2) is 37.2 Å². The summed E-state index contributed by atoms with van der Waals surface area (Å²) in [5, 5.41) is 1.45. The minimum absolute atomic E-state index is 0.0790. The molecule has 5 nitrogen and oxygen atoms in total. The highest BCUT2D eigenvalue weighted by Crippen LogP contribution is 2.61. The summed E-state index contributed by atoms with van der Waals surface area (Å²) in [4.78, 5) is -0.470. The van der Waals surface area contributed by atoms with Crippen molar-refractivity contribution in [3.05, 3.63) is 76.5 Å². The van der Waals surface area contributed by atoms with E-state index < -0.39 is 44.7 Å². The predicted octanol–water partition coefficient (Wildman–Crippen LogP) is 3.85. The van der Waals surface area contributed by atoms with Gasteiger partial charge in [-0.2, -0.15) is 26.3 Å². The van der Waals surface area contributed by atoms with Gasteiger partial charge in [0.05, 0.1) is 16.5 Å². The lowest BCUT2D eigenvalue weighted by Gasteiger charge is -2.39. The monoisotopic (exact) mass is 457 g/mol. The second-order valence-corrected chi connectivity index (χ2v) is 9.63. The molecule has 31 heavy (non-hydrogen) atoms. The Morgan fingerprint density at radius 1 is 1.03 bits per heavy atom. The van der Waals surface area contributed by atoms with Crippen molar-refractivity contribution in [3.63, 3.8) is 0 Å². The molecule has 1 N–H and O–H groups in total. The number of nitrogens with one attached hydrogen (secondary N) is 1. The molecule has 0 radical (unpaired) electrons. The average molecular weight is 457 g/mol. The highest BCUT2D eigenvalue weighted by Gasteiger charge is 2.64. The van der Waals surface area contributed by atoms with Gasteiger partial charge in [-0.1, -0.05) is 24.3 Å². The van der Waals surface area contributed by atoms with E-state index in [-0.39, 0.29) is 23.4 Å². The molecular formula is C20H16F5N3O2S. The number of sulfonamides is 1. The van der Waals surface area contributed by atoms with E-state index in [1.165, 1.54) is 11.1 Å². The number of hydrogen-bond acceptors (Lipinski definition) is 4. The maximum atomic E-state index is 15.6. The van der Waals surface area contributed by atoms with Crippen LogP contribution in [0.15, 0.2) is 64.7 Å². The first-order chi connectivity index (χ1) is 14.4. The zero-order valence-electron chi connectivity index (χ0n) is 16.0. The largest absolute Gasteiger partial charge is 0.416 e. The molecule has 5 rings (SSSR count). The van der Waals surface area contributed by atoms with Crippen LogP contribution in [0.4, 0.5) is 22.0 Å². The minimum Gasteiger partial charge on any atom is -0.317 e. The Balaban J connectivity index is 1.68. The van der Waals surface area contributed by atoms with Crippen molar-refractivity contribution >= 4 is 10.0 Å². The van der Waals surface area contributed by atoms with Gasteiger partial charge in [-0.15, -0.1) is 0 Å². The van der Waals surface area contributed by atoms with E-state index in [0.29, 0.717) is 17.7 Å². The van der Waals surface area contributed by atoms with Crippen LogP contribution in [-0.2, 0) is 16.2 Å². The molecule has 2 atom stereocenters. The molecule has 3 heterocycles. The van der Waals surface area contributed by atoms with E-state index >= 15 is 8.78 Å². The molecule has 164 valence electrons. The molecule has 3 aliphatic heterocycles. The van der Waals surface area contributed by atoms with Crippen molar-refractivity contribution in [3.8, 4) is 0 Å². The quantitative estimate of drug-likeness (QED) is 0.697. The van der Waals surface area contributed by atoms with Crippen LogP contribution >= 0.6 is 0 Å². The Bertz CT molecular complexity index is 1210. The number of likely N-dealkylation sites (N-methyl/N-ethyl adjacent to an activating group) is 1. The molecule has 0 saturated carbocycles. The summed E-state index contributed by atoms with van der Waals surface area (Å²) >= 11 is 0. The molecule has 2 bridgehead atoms. The van der Waals surface area contributed by atoms with Crippen LogP contribution in [0.1, 0.15) is 28.8 Å². The Kier molecular flexibility index (Phi) is 4.13. The minimum atomic E-state index is -4.64. The first kappa shape index (κ1) is 20.4. The van der Waals surface area contributed by atoms with Gasteiger partial charge in [0.25, 0.3) is 0 Å². The fourth-order valence-corrected chi connectivity index (χ4v) is 6.39. The van der Waals surface area contributed by atoms with Crippen molar-refractivity contribution in [1.82, 2.24) is 14.7 Å². The van der Waals surface area contributed by atoms with E-state index in [1.807, 2.05) is 0 Å². The molecule has 0 fully saturated rings. The maximum absolute atomic E-state index is 15.6. The summed E-state index contributed by atoms with van der Waals surface area (Å²) in [6.45, 7) is 0.0790. The van der Waals surface area contributed by atoms with Gasteiger partial charge in [0.1, 0.15) is 11.7 Å². The molecular weight excluding hydrogens is 441 g/mol. The lowest BCUT2D eigenvalue weighted by atomic mass is 9.96. The van der Waals surface area contributed by atoms with Gasteiger partial charge < -0.3 is 5.43 Å². The molecule has 0 spiro atoms. The Morgan fingerprint density at radius 3 is 2.26 bits per heavy atom. The number of benzene rings is 2. The number of hydrogen-bond donors (Lipinski definition) is 1. The third kappa shape index (κ3) is 2.76. The van der Waals surface area contributed by atoms with Crippen LogP contribution in [0.25, 0.3) is 0 Å². The fourth-order valence-electron chi connectivity index (χ4n) is 4.63. The lowest BCUT2D eigenvalue weighted by Crippen LogP contribution is -2.48. The zero-order chi connectivity index (χ0) is 22.3. The molecule has 0 aliphatic carbocycles. The van der Waals surface area contributed by atoms with Gasteiger partial charge >= 0.3 is 12.1 Å². The molecule has 3 aliphatic rings. The number of nitrogens with zero attached hydrogens (tertiary/aromatic N) is 2. The second-order valence-electron chi connectivity index (χ2n) is 7.78. The summed E-state index contributed by atoms with van der Waals surface area (Å²) in [5.41, 5.74) is 2.16. The normalized spacial score (nSPS) is 25.4. The lowest BCUT2D eigenvalue weighted by molar-refractivity contribution is -0.137. The van der Waals surface area contributed by atoms with Crippen LogP contribution in [0, 0.1) is 0 Å². The van der Waals surface area contributed by atoms with E-state index in [9.17, 15) is 21.6 Å². The zero-order valence-corrected chi connectivity index (χ0v) is 16.8. The van der Waals surface area contributed by atoms with Gasteiger partial charge in [0, 0.05) is 13.6 Å². The van der Waals surface area contributed by atoms with Crippen molar-refractivity contribution in [2.45, 2.75) is 29.1 Å². The van der Waals surface area contributed by atoms with Crippen molar-refractivity contribution < 1.29 is 30.4 Å². The van der Waals surface area contributed by atoms with Crippen molar-refractivity contribution in [1.29, 1.82) is 0 Å². The number of fused-ring (bicyclic) bond motifs is 6. The van der Waals surface area contributed by atoms with Crippen molar-refractivity contribution in [2.75, 3.05) is 13.6 Å². The number of hydrazine groups is 1. The predicted molar refractivity (Wildman–Crippen MR) is 100 cm³/mol. The van der Waals surface area contributed by atoms with Crippen LogP contribution in [0.3, 0.4) is 0 Å². The van der Waals surface area contributed by atoms with Gasteiger partial charge in [-0.3, -0.25) is 0 Å². The molecule has 0 aromatic heterocycles. The van der Waals surface area contributed by atoms with Crippen molar-refractivity contribution in [2.24, 2.45) is 0 Å². The Labute approximate surface area is 174 Å². The van der Waals surface area contributed by atoms with Crippen LogP contribution < -0.4 is 5.43 Å². The van der Waals surface area contributed by atoms with Gasteiger partial charge in [-0.25, -0.2) is 13.4 Å². The van der Waals surface area contributed by atoms with E-state index in [0.717, 1.165) is 16.4 Å². The Hall–Kier alpha value is -2.50. The van der Waals surface area contributed by atoms with Gasteiger partial charge in [0.2, 0.25) is 10.0 Å². The SMILES string of the molecule is CN1CC2=C(N1)C(F)(F)C1c3ccccc3C2N1S(=O)(=O)c1ccc(C(F)(F)F)cc1. The summed E-state index contributed by atoms with van der Waals surface area (Å²) in [6, 6.07) is 6.40. The fraction of sp³-hybridized carbons (Fsp3) is 0.300. The van der Waals surface area contributed by atoms with Crippen LogP contribution in [0.2, 0.25) is 0 Å². The average Bonchev–Trinajstić information content (AvgIpc) is 3.24. The summed E-state index contributed by atoms with van der Waals surface area (Å²) < 4.78 is 97.6. The van der Waals surface area contributed by atoms with E-state index in [4.69, 9.17) is 0 Å². The Morgan fingerprint density at radius 2 is 1.65 bits per heavy atom. The smallest absolute Gasteiger partial charge is 0.317 e. The van der Waals surface area contributed by atoms with Crippen LogP contribution in [0.5, 0.6) is 0 Å². The molecule has 0 amide bonds. The first-order valence-corrected chi connectivity index (χ1v) is 10.8. The maximum Gasteiger partial charge on any atom is 0.416 e. The third-order valence-corrected chi connectivity index (χ3v) is 7.73.